The summed E-state index contributed by atoms with van der Waals surface area (Å²) >= 11 is 5.88. The summed E-state index contributed by atoms with van der Waals surface area (Å²) in [6, 6.07) is 5.37. The molecule has 0 spiro atoms. The molecule has 0 fully saturated rings. The molecule has 0 bridgehead atoms. The molecule has 0 radical (unpaired) electrons. The van der Waals surface area contributed by atoms with Crippen LogP contribution in [0.15, 0.2) is 18.2 Å². The number of carbonyl (C=O) groups excluding carboxylic acids is 1. The zero-order valence-electron chi connectivity index (χ0n) is 12.8. The lowest BCUT2D eigenvalue weighted by Gasteiger charge is -2.20. The van der Waals surface area contributed by atoms with Gasteiger partial charge in [-0.25, -0.2) is 4.98 Å². The lowest BCUT2D eigenvalue weighted by Crippen LogP contribution is -2.30. The second-order valence-electron chi connectivity index (χ2n) is 5.07. The fourth-order valence-electron chi connectivity index (χ4n) is 2.48. The second kappa shape index (κ2) is 6.35. The fraction of sp³-hybridized carbons (Fsp3) is 0.467. The summed E-state index contributed by atoms with van der Waals surface area (Å²) in [5, 5.41) is 0. The number of hydrogen-bond acceptors (Lipinski definition) is 3. The minimum absolute atomic E-state index is 0.0212. The highest BCUT2D eigenvalue weighted by molar-refractivity contribution is 6.18. The lowest BCUT2D eigenvalue weighted by molar-refractivity contribution is -0.131. The van der Waals surface area contributed by atoms with E-state index in [2.05, 4.69) is 4.98 Å². The van der Waals surface area contributed by atoms with E-state index in [1.54, 1.807) is 26.1 Å². The average Bonchev–Trinajstić information content (AvgIpc) is 2.83. The topological polar surface area (TPSA) is 47.4 Å². The maximum Gasteiger partial charge on any atom is 0.244 e. The molecule has 114 valence electrons. The minimum Gasteiger partial charge on any atom is -0.494 e. The number of methoxy groups -OCH3 is 1. The van der Waals surface area contributed by atoms with E-state index in [1.807, 2.05) is 29.7 Å². The van der Waals surface area contributed by atoms with Gasteiger partial charge in [0, 0.05) is 26.4 Å². The van der Waals surface area contributed by atoms with Crippen molar-refractivity contribution in [2.45, 2.75) is 19.4 Å². The van der Waals surface area contributed by atoms with Gasteiger partial charge in [-0.3, -0.25) is 4.79 Å². The lowest BCUT2D eigenvalue weighted by atomic mass is 10.2. The van der Waals surface area contributed by atoms with Crippen molar-refractivity contribution in [1.82, 2.24) is 14.5 Å². The molecule has 0 aliphatic carbocycles. The van der Waals surface area contributed by atoms with E-state index in [-0.39, 0.29) is 11.9 Å². The average molecular weight is 310 g/mol. The number of amides is 1. The monoisotopic (exact) mass is 309 g/mol. The van der Waals surface area contributed by atoms with Gasteiger partial charge in [-0.1, -0.05) is 6.07 Å². The number of alkyl halides is 1. The van der Waals surface area contributed by atoms with Crippen molar-refractivity contribution < 1.29 is 9.53 Å². The van der Waals surface area contributed by atoms with Gasteiger partial charge in [-0.05, 0) is 19.1 Å². The van der Waals surface area contributed by atoms with Crippen molar-refractivity contribution in [1.29, 1.82) is 0 Å². The van der Waals surface area contributed by atoms with Crippen LogP contribution in [0.25, 0.3) is 11.0 Å². The predicted octanol–water partition coefficient (Wildman–Crippen LogP) is 2.48. The summed E-state index contributed by atoms with van der Waals surface area (Å²) in [5.41, 5.74) is 1.65. The molecule has 21 heavy (non-hydrogen) atoms. The third-order valence-electron chi connectivity index (χ3n) is 3.48. The number of fused-ring (bicyclic) bond motifs is 1. The number of imidazole rings is 1. The third-order valence-corrected chi connectivity index (χ3v) is 3.67. The summed E-state index contributed by atoms with van der Waals surface area (Å²) in [6.07, 6.45) is 0.602. The number of halogens is 1. The Kier molecular flexibility index (Phi) is 4.73. The van der Waals surface area contributed by atoms with Gasteiger partial charge in [-0.2, -0.15) is 0 Å². The van der Waals surface area contributed by atoms with E-state index >= 15 is 0 Å². The van der Waals surface area contributed by atoms with Crippen LogP contribution in [0.5, 0.6) is 5.75 Å². The first kappa shape index (κ1) is 15.6. The molecule has 0 aliphatic heterocycles. The van der Waals surface area contributed by atoms with Crippen molar-refractivity contribution >= 4 is 28.5 Å². The highest BCUT2D eigenvalue weighted by Gasteiger charge is 2.23. The molecule has 1 amide bonds. The summed E-state index contributed by atoms with van der Waals surface area (Å²) in [6.45, 7) is 1.88. The van der Waals surface area contributed by atoms with Gasteiger partial charge >= 0.3 is 0 Å². The van der Waals surface area contributed by atoms with Crippen LogP contribution in [-0.2, 0) is 11.2 Å². The first-order valence-electron chi connectivity index (χ1n) is 6.82. The zero-order chi connectivity index (χ0) is 15.6. The number of rotatable bonds is 5. The molecule has 6 heteroatoms. The molecule has 5 nitrogen and oxygen atoms in total. The number of hydrogen-bond donors (Lipinski definition) is 0. The van der Waals surface area contributed by atoms with Crippen molar-refractivity contribution in [2.75, 3.05) is 27.1 Å². The van der Waals surface area contributed by atoms with Gasteiger partial charge in [0.15, 0.2) is 0 Å². The van der Waals surface area contributed by atoms with Crippen molar-refractivity contribution in [3.05, 3.63) is 24.0 Å². The number of aryl methyl sites for hydroxylation is 1. The van der Waals surface area contributed by atoms with Crippen molar-refractivity contribution in [3.63, 3.8) is 0 Å². The number of likely N-dealkylation sites (N-methyl/N-ethyl adjacent to an activating group) is 1. The molecular formula is C15H20ClN3O2. The van der Waals surface area contributed by atoms with Crippen LogP contribution in [-0.4, -0.2) is 47.4 Å². The first-order valence-corrected chi connectivity index (χ1v) is 7.35. The number of nitrogens with zero attached hydrogens (tertiary/aromatic N) is 3. The van der Waals surface area contributed by atoms with Gasteiger partial charge in [0.05, 0.1) is 12.6 Å². The Hall–Kier alpha value is -1.75. The molecule has 1 aromatic heterocycles. The largest absolute Gasteiger partial charge is 0.494 e. The molecule has 1 aromatic carbocycles. The standard InChI is InChI=1S/C15H20ClN3O2/c1-10(15(20)18(2)3)19-11-6-5-7-12(21-4)14(11)17-13(19)8-9-16/h5-7,10H,8-9H2,1-4H3. The van der Waals surface area contributed by atoms with Crippen LogP contribution >= 0.6 is 11.6 Å². The van der Waals surface area contributed by atoms with Crippen LogP contribution in [0, 0.1) is 0 Å². The van der Waals surface area contributed by atoms with E-state index in [0.717, 1.165) is 16.9 Å². The molecule has 0 aliphatic rings. The Labute approximate surface area is 129 Å². The summed E-state index contributed by atoms with van der Waals surface area (Å²) in [5.74, 6) is 1.97. The molecule has 1 heterocycles. The Bertz CT molecular complexity index is 652. The predicted molar refractivity (Wildman–Crippen MR) is 84.1 cm³/mol. The SMILES string of the molecule is COc1cccc2c1nc(CCCl)n2C(C)C(=O)N(C)C. The summed E-state index contributed by atoms with van der Waals surface area (Å²) in [7, 11) is 5.11. The van der Waals surface area contributed by atoms with Crippen LogP contribution in [0.2, 0.25) is 0 Å². The van der Waals surface area contributed by atoms with E-state index in [0.29, 0.717) is 18.1 Å². The molecular weight excluding hydrogens is 290 g/mol. The van der Waals surface area contributed by atoms with Crippen LogP contribution < -0.4 is 4.74 Å². The van der Waals surface area contributed by atoms with Gasteiger partial charge in [0.25, 0.3) is 0 Å². The van der Waals surface area contributed by atoms with E-state index in [9.17, 15) is 4.79 Å². The quantitative estimate of drug-likeness (QED) is 0.797. The van der Waals surface area contributed by atoms with Gasteiger partial charge < -0.3 is 14.2 Å². The normalized spacial score (nSPS) is 12.4. The number of benzene rings is 1. The number of ether oxygens (including phenoxy) is 1. The smallest absolute Gasteiger partial charge is 0.244 e. The van der Waals surface area contributed by atoms with Crippen molar-refractivity contribution in [2.24, 2.45) is 0 Å². The third kappa shape index (κ3) is 2.83. The van der Waals surface area contributed by atoms with Crippen LogP contribution in [0.3, 0.4) is 0 Å². The van der Waals surface area contributed by atoms with Crippen LogP contribution in [0.1, 0.15) is 18.8 Å². The fourth-order valence-corrected chi connectivity index (χ4v) is 2.65. The van der Waals surface area contributed by atoms with Gasteiger partial charge in [-0.15, -0.1) is 11.6 Å². The Morgan fingerprint density at radius 2 is 2.19 bits per heavy atom. The maximum atomic E-state index is 12.3. The highest BCUT2D eigenvalue weighted by Crippen LogP contribution is 2.29. The summed E-state index contributed by atoms with van der Waals surface area (Å²) in [4.78, 5) is 18.5. The highest BCUT2D eigenvalue weighted by atomic mass is 35.5. The second-order valence-corrected chi connectivity index (χ2v) is 5.45. The molecule has 0 saturated heterocycles. The molecule has 1 atom stereocenters. The van der Waals surface area contributed by atoms with Crippen molar-refractivity contribution in [3.8, 4) is 5.75 Å². The van der Waals surface area contributed by atoms with Gasteiger partial charge in [0.2, 0.25) is 5.91 Å². The first-order chi connectivity index (χ1) is 10.0. The maximum absolute atomic E-state index is 12.3. The molecule has 0 N–H and O–H groups in total. The number of carbonyl (C=O) groups is 1. The van der Waals surface area contributed by atoms with E-state index < -0.39 is 0 Å². The molecule has 1 unspecified atom stereocenters. The number of aromatic nitrogens is 2. The van der Waals surface area contributed by atoms with Gasteiger partial charge in [0.1, 0.15) is 23.1 Å². The Balaban J connectivity index is 2.64. The van der Waals surface area contributed by atoms with E-state index in [1.165, 1.54) is 0 Å². The minimum atomic E-state index is -0.338. The number of para-hydroxylation sites is 1. The van der Waals surface area contributed by atoms with E-state index in [4.69, 9.17) is 16.3 Å². The summed E-state index contributed by atoms with van der Waals surface area (Å²) < 4.78 is 7.30. The Morgan fingerprint density at radius 3 is 2.76 bits per heavy atom. The molecule has 0 saturated carbocycles. The van der Waals surface area contributed by atoms with Crippen LogP contribution in [0.4, 0.5) is 0 Å². The zero-order valence-corrected chi connectivity index (χ0v) is 13.5. The molecule has 2 aromatic rings. The Morgan fingerprint density at radius 1 is 1.48 bits per heavy atom. The molecule has 2 rings (SSSR count).